The quantitative estimate of drug-likeness (QED) is 0.553. The summed E-state index contributed by atoms with van der Waals surface area (Å²) in [6.45, 7) is 0.396. The van der Waals surface area contributed by atoms with Gasteiger partial charge in [-0.05, 0) is 12.8 Å². The number of rotatable bonds is 2. The second kappa shape index (κ2) is 2.67. The molecule has 0 unspecified atom stereocenters. The molecule has 0 aliphatic heterocycles. The van der Waals surface area contributed by atoms with E-state index in [4.69, 9.17) is 4.74 Å². The van der Waals surface area contributed by atoms with Crippen molar-refractivity contribution in [3.8, 4) is 0 Å². The van der Waals surface area contributed by atoms with Crippen LogP contribution in [0.25, 0.3) is 0 Å². The van der Waals surface area contributed by atoms with Crippen molar-refractivity contribution >= 4 is 0 Å². The fourth-order valence-corrected chi connectivity index (χ4v) is 1.43. The van der Waals surface area contributed by atoms with E-state index in [0.717, 1.165) is 25.7 Å². The van der Waals surface area contributed by atoms with Gasteiger partial charge in [0.1, 0.15) is 5.60 Å². The molecule has 0 bridgehead atoms. The van der Waals surface area contributed by atoms with Crippen LogP contribution in [0.3, 0.4) is 0 Å². The molecular formula is C7H13O2. The first-order chi connectivity index (χ1) is 4.27. The van der Waals surface area contributed by atoms with E-state index >= 15 is 0 Å². The molecule has 9 heavy (non-hydrogen) atoms. The normalized spacial score (nSPS) is 24.7. The van der Waals surface area contributed by atoms with E-state index in [1.807, 2.05) is 0 Å². The highest BCUT2D eigenvalue weighted by molar-refractivity contribution is 4.83. The first-order valence-electron chi connectivity index (χ1n) is 3.46. The molecule has 0 saturated heterocycles. The van der Waals surface area contributed by atoms with Gasteiger partial charge in [0.05, 0.1) is 6.61 Å². The summed E-state index contributed by atoms with van der Waals surface area (Å²) in [6, 6.07) is 0. The van der Waals surface area contributed by atoms with Gasteiger partial charge in [0.25, 0.3) is 0 Å². The maximum atomic E-state index is 11.4. The Kier molecular flexibility index (Phi) is 2.09. The largest absolute Gasteiger partial charge is 0.382 e. The maximum Gasteiger partial charge on any atom is 0.127 e. The van der Waals surface area contributed by atoms with Crippen molar-refractivity contribution in [3.05, 3.63) is 0 Å². The molecule has 0 atom stereocenters. The van der Waals surface area contributed by atoms with Crippen LogP contribution in [0.2, 0.25) is 0 Å². The van der Waals surface area contributed by atoms with Gasteiger partial charge in [0.2, 0.25) is 0 Å². The summed E-state index contributed by atoms with van der Waals surface area (Å²) in [5.74, 6) is 0. The van der Waals surface area contributed by atoms with Crippen molar-refractivity contribution in [2.45, 2.75) is 31.3 Å². The molecule has 0 aromatic carbocycles. The predicted octanol–water partition coefficient (Wildman–Crippen LogP) is 1.38. The summed E-state index contributed by atoms with van der Waals surface area (Å²) in [5, 5.41) is 11.4. The molecule has 0 aromatic rings. The second-order valence-electron chi connectivity index (χ2n) is 2.82. The van der Waals surface area contributed by atoms with Gasteiger partial charge < -0.3 is 4.74 Å². The van der Waals surface area contributed by atoms with Crippen LogP contribution in [0.4, 0.5) is 0 Å². The van der Waals surface area contributed by atoms with Gasteiger partial charge in [-0.25, -0.2) is 5.11 Å². The molecule has 53 valence electrons. The molecule has 0 N–H and O–H groups in total. The standard InChI is InChI=1S/C7H13O2/c1-9-6-7(8)4-2-3-5-7/h2-6H2,1H3. The number of hydrogen-bond donors (Lipinski definition) is 0. The Morgan fingerprint density at radius 1 is 1.44 bits per heavy atom. The monoisotopic (exact) mass is 129 g/mol. The molecule has 1 radical (unpaired) electrons. The van der Waals surface area contributed by atoms with Crippen molar-refractivity contribution in [1.82, 2.24) is 0 Å². The highest BCUT2D eigenvalue weighted by Gasteiger charge is 2.32. The van der Waals surface area contributed by atoms with Crippen molar-refractivity contribution in [2.75, 3.05) is 13.7 Å². The third-order valence-electron chi connectivity index (χ3n) is 1.92. The topological polar surface area (TPSA) is 29.1 Å². The Bertz CT molecular complexity index is 84.9. The summed E-state index contributed by atoms with van der Waals surface area (Å²) in [7, 11) is 1.60. The van der Waals surface area contributed by atoms with E-state index in [1.165, 1.54) is 0 Å². The lowest BCUT2D eigenvalue weighted by atomic mass is 10.1. The van der Waals surface area contributed by atoms with Crippen LogP contribution in [0.15, 0.2) is 0 Å². The molecule has 0 spiro atoms. The minimum atomic E-state index is -0.727. The molecule has 0 heterocycles. The molecule has 1 saturated carbocycles. The second-order valence-corrected chi connectivity index (χ2v) is 2.82. The smallest absolute Gasteiger partial charge is 0.127 e. The molecule has 1 rings (SSSR count). The average molecular weight is 129 g/mol. The van der Waals surface area contributed by atoms with Gasteiger partial charge in [-0.1, -0.05) is 12.8 Å². The zero-order valence-electron chi connectivity index (χ0n) is 5.85. The molecule has 1 fully saturated rings. The number of ether oxygens (including phenoxy) is 1. The van der Waals surface area contributed by atoms with Crippen molar-refractivity contribution in [1.29, 1.82) is 0 Å². The summed E-state index contributed by atoms with van der Waals surface area (Å²) >= 11 is 0. The first-order valence-corrected chi connectivity index (χ1v) is 3.46. The average Bonchev–Trinajstić information content (AvgIpc) is 2.16. The fraction of sp³-hybridized carbons (Fsp3) is 1.00. The zero-order chi connectivity index (χ0) is 6.74. The maximum absolute atomic E-state index is 11.4. The van der Waals surface area contributed by atoms with Crippen LogP contribution in [0.5, 0.6) is 0 Å². The van der Waals surface area contributed by atoms with Crippen molar-refractivity contribution in [2.24, 2.45) is 0 Å². The van der Waals surface area contributed by atoms with Crippen molar-refractivity contribution in [3.63, 3.8) is 0 Å². The third kappa shape index (κ3) is 1.66. The van der Waals surface area contributed by atoms with Crippen LogP contribution >= 0.6 is 0 Å². The fourth-order valence-electron chi connectivity index (χ4n) is 1.43. The lowest BCUT2D eigenvalue weighted by Crippen LogP contribution is -2.28. The Morgan fingerprint density at radius 2 is 2.00 bits per heavy atom. The predicted molar refractivity (Wildman–Crippen MR) is 33.8 cm³/mol. The molecule has 1 aliphatic rings. The molecule has 1 aliphatic carbocycles. The Hall–Kier alpha value is -0.0800. The highest BCUT2D eigenvalue weighted by atomic mass is 16.5. The van der Waals surface area contributed by atoms with Gasteiger partial charge in [-0.3, -0.25) is 0 Å². The third-order valence-corrected chi connectivity index (χ3v) is 1.92. The summed E-state index contributed by atoms with van der Waals surface area (Å²) in [5.41, 5.74) is -0.727. The van der Waals surface area contributed by atoms with Gasteiger partial charge in [-0.2, -0.15) is 0 Å². The van der Waals surface area contributed by atoms with Gasteiger partial charge in [0, 0.05) is 7.11 Å². The number of methoxy groups -OCH3 is 1. The SMILES string of the molecule is COCC1([O])CCCC1. The Balaban J connectivity index is 2.32. The molecule has 0 aromatic heterocycles. The first kappa shape index (κ1) is 7.03. The molecular weight excluding hydrogens is 116 g/mol. The van der Waals surface area contributed by atoms with E-state index < -0.39 is 5.60 Å². The summed E-state index contributed by atoms with van der Waals surface area (Å²) < 4.78 is 4.82. The van der Waals surface area contributed by atoms with Crippen LogP contribution in [-0.2, 0) is 9.84 Å². The van der Waals surface area contributed by atoms with Gasteiger partial charge in [-0.15, -0.1) is 0 Å². The van der Waals surface area contributed by atoms with E-state index in [1.54, 1.807) is 7.11 Å². The lowest BCUT2D eigenvalue weighted by Gasteiger charge is -2.16. The molecule has 0 amide bonds. The number of hydrogen-bond acceptors (Lipinski definition) is 1. The molecule has 2 nitrogen and oxygen atoms in total. The Morgan fingerprint density at radius 3 is 2.44 bits per heavy atom. The minimum Gasteiger partial charge on any atom is -0.382 e. The van der Waals surface area contributed by atoms with E-state index in [0.29, 0.717) is 6.61 Å². The zero-order valence-corrected chi connectivity index (χ0v) is 5.85. The van der Waals surface area contributed by atoms with Crippen molar-refractivity contribution < 1.29 is 9.84 Å². The van der Waals surface area contributed by atoms with E-state index in [9.17, 15) is 5.11 Å². The minimum absolute atomic E-state index is 0.396. The van der Waals surface area contributed by atoms with E-state index in [2.05, 4.69) is 0 Å². The van der Waals surface area contributed by atoms with Gasteiger partial charge in [0.15, 0.2) is 0 Å². The van der Waals surface area contributed by atoms with Crippen LogP contribution in [0, 0.1) is 0 Å². The van der Waals surface area contributed by atoms with Crippen LogP contribution < -0.4 is 0 Å². The lowest BCUT2D eigenvalue weighted by molar-refractivity contribution is -0.0757. The van der Waals surface area contributed by atoms with Gasteiger partial charge >= 0.3 is 0 Å². The highest BCUT2D eigenvalue weighted by Crippen LogP contribution is 2.29. The summed E-state index contributed by atoms with van der Waals surface area (Å²) in [4.78, 5) is 0. The summed E-state index contributed by atoms with van der Waals surface area (Å²) in [6.07, 6.45) is 3.79. The van der Waals surface area contributed by atoms with E-state index in [-0.39, 0.29) is 0 Å². The van der Waals surface area contributed by atoms with Crippen LogP contribution in [0.1, 0.15) is 25.7 Å². The Labute approximate surface area is 55.8 Å². The molecule has 2 heteroatoms. The van der Waals surface area contributed by atoms with Crippen LogP contribution in [-0.4, -0.2) is 19.3 Å².